The van der Waals surface area contributed by atoms with Crippen molar-refractivity contribution in [2.24, 2.45) is 34.5 Å². The maximum absolute atomic E-state index is 2.65. The van der Waals surface area contributed by atoms with Crippen molar-refractivity contribution < 1.29 is 0 Å². The molecule has 0 nitrogen and oxygen atoms in total. The van der Waals surface area contributed by atoms with Crippen molar-refractivity contribution in [2.45, 2.75) is 79.1 Å². The van der Waals surface area contributed by atoms with Gasteiger partial charge in [0.15, 0.2) is 0 Å². The van der Waals surface area contributed by atoms with E-state index in [-0.39, 0.29) is 0 Å². The number of hydrogen-bond donors (Lipinski definition) is 0. The van der Waals surface area contributed by atoms with Crippen molar-refractivity contribution in [1.29, 1.82) is 0 Å². The van der Waals surface area contributed by atoms with E-state index in [4.69, 9.17) is 0 Å². The molecule has 6 unspecified atom stereocenters. The molecule has 3 aliphatic carbocycles. The Morgan fingerprint density at radius 1 is 0.889 bits per heavy atom. The van der Waals surface area contributed by atoms with Gasteiger partial charge < -0.3 is 0 Å². The fraction of sp³-hybridized carbons (Fsp3) is 1.00. The highest BCUT2D eigenvalue weighted by Gasteiger charge is 2.56. The third-order valence-electron chi connectivity index (χ3n) is 7.78. The van der Waals surface area contributed by atoms with E-state index in [1.165, 1.54) is 44.9 Å². The predicted molar refractivity (Wildman–Crippen MR) is 78.5 cm³/mol. The quantitative estimate of drug-likeness (QED) is 0.518. The first-order valence-electron chi connectivity index (χ1n) is 8.46. The maximum Gasteiger partial charge on any atom is -0.0243 e. The second kappa shape index (κ2) is 4.25. The van der Waals surface area contributed by atoms with Gasteiger partial charge in [0.2, 0.25) is 0 Å². The lowest BCUT2D eigenvalue weighted by Crippen LogP contribution is -2.53. The van der Waals surface area contributed by atoms with Crippen LogP contribution in [-0.2, 0) is 0 Å². The van der Waals surface area contributed by atoms with Crippen LogP contribution in [0.3, 0.4) is 0 Å². The molecule has 0 radical (unpaired) electrons. The zero-order valence-corrected chi connectivity index (χ0v) is 13.0. The Labute approximate surface area is 114 Å². The van der Waals surface area contributed by atoms with Crippen LogP contribution in [0, 0.1) is 34.5 Å². The smallest absolute Gasteiger partial charge is 0.0243 e. The maximum atomic E-state index is 2.65. The Kier molecular flexibility index (Phi) is 3.07. The minimum Gasteiger partial charge on any atom is -0.0622 e. The SMILES string of the molecule is CC1CCCC2CC3(C)CCCC(C)C3(C)CC12. The van der Waals surface area contributed by atoms with Crippen molar-refractivity contribution in [2.75, 3.05) is 0 Å². The van der Waals surface area contributed by atoms with Gasteiger partial charge >= 0.3 is 0 Å². The lowest BCUT2D eigenvalue weighted by molar-refractivity contribution is -0.127. The molecule has 0 N–H and O–H groups in total. The summed E-state index contributed by atoms with van der Waals surface area (Å²) in [6, 6.07) is 0. The summed E-state index contributed by atoms with van der Waals surface area (Å²) < 4.78 is 0. The largest absolute Gasteiger partial charge is 0.0622 e. The van der Waals surface area contributed by atoms with Crippen LogP contribution in [0.2, 0.25) is 0 Å². The molecule has 0 heteroatoms. The Morgan fingerprint density at radius 2 is 1.67 bits per heavy atom. The Bertz CT molecular complexity index is 320. The molecule has 3 aliphatic rings. The van der Waals surface area contributed by atoms with Gasteiger partial charge in [-0.25, -0.2) is 0 Å². The van der Waals surface area contributed by atoms with E-state index >= 15 is 0 Å². The summed E-state index contributed by atoms with van der Waals surface area (Å²) in [5, 5.41) is 0. The number of hydrogen-bond acceptors (Lipinski definition) is 0. The topological polar surface area (TPSA) is 0 Å². The van der Waals surface area contributed by atoms with Gasteiger partial charge in [-0.15, -0.1) is 0 Å². The average Bonchev–Trinajstić information content (AvgIpc) is 2.31. The lowest BCUT2D eigenvalue weighted by Gasteiger charge is -2.62. The van der Waals surface area contributed by atoms with Crippen LogP contribution in [0.1, 0.15) is 79.1 Å². The molecule has 0 heterocycles. The molecule has 3 rings (SSSR count). The van der Waals surface area contributed by atoms with Crippen LogP contribution in [0.25, 0.3) is 0 Å². The van der Waals surface area contributed by atoms with Crippen molar-refractivity contribution in [3.8, 4) is 0 Å². The number of fused-ring (bicyclic) bond motifs is 2. The highest BCUT2D eigenvalue weighted by atomic mass is 14.6. The van der Waals surface area contributed by atoms with E-state index < -0.39 is 0 Å². The van der Waals surface area contributed by atoms with Crippen LogP contribution >= 0.6 is 0 Å². The van der Waals surface area contributed by atoms with Gasteiger partial charge in [0.05, 0.1) is 0 Å². The molecule has 3 fully saturated rings. The summed E-state index contributed by atoms with van der Waals surface area (Å²) in [7, 11) is 0. The molecular formula is C18H32. The standard InChI is InChI=1S/C18H32/c1-13-7-5-9-15-11-17(3)10-6-8-14(2)18(17,4)12-16(13)15/h13-16H,5-12H2,1-4H3. The van der Waals surface area contributed by atoms with Gasteiger partial charge in [-0.2, -0.15) is 0 Å². The summed E-state index contributed by atoms with van der Waals surface area (Å²) in [6.07, 6.45) is 12.1. The lowest BCUT2D eigenvalue weighted by atomic mass is 9.43. The summed E-state index contributed by atoms with van der Waals surface area (Å²) in [4.78, 5) is 0. The normalized spacial score (nSPS) is 56.7. The first kappa shape index (κ1) is 13.0. The van der Waals surface area contributed by atoms with Crippen molar-refractivity contribution in [3.05, 3.63) is 0 Å². The molecule has 0 spiro atoms. The van der Waals surface area contributed by atoms with Crippen LogP contribution in [0.4, 0.5) is 0 Å². The summed E-state index contributed by atoms with van der Waals surface area (Å²) in [5.41, 5.74) is 1.29. The second-order valence-electron chi connectivity index (χ2n) is 8.51. The van der Waals surface area contributed by atoms with Gasteiger partial charge in [0.25, 0.3) is 0 Å². The Hall–Kier alpha value is 0. The molecule has 6 atom stereocenters. The van der Waals surface area contributed by atoms with Crippen LogP contribution in [-0.4, -0.2) is 0 Å². The first-order chi connectivity index (χ1) is 8.46. The minimum atomic E-state index is 0.637. The molecule has 104 valence electrons. The van der Waals surface area contributed by atoms with Crippen molar-refractivity contribution in [1.82, 2.24) is 0 Å². The predicted octanol–water partition coefficient (Wildman–Crippen LogP) is 5.67. The van der Waals surface area contributed by atoms with E-state index in [1.807, 2.05) is 0 Å². The van der Waals surface area contributed by atoms with E-state index in [2.05, 4.69) is 27.7 Å². The summed E-state index contributed by atoms with van der Waals surface area (Å²) in [6.45, 7) is 10.4. The van der Waals surface area contributed by atoms with E-state index in [0.717, 1.165) is 23.7 Å². The molecule has 0 aromatic carbocycles. The van der Waals surface area contributed by atoms with E-state index in [0.29, 0.717) is 10.8 Å². The highest BCUT2D eigenvalue weighted by Crippen LogP contribution is 2.65. The third kappa shape index (κ3) is 1.70. The Morgan fingerprint density at radius 3 is 2.44 bits per heavy atom. The van der Waals surface area contributed by atoms with Crippen LogP contribution in [0.5, 0.6) is 0 Å². The van der Waals surface area contributed by atoms with Gasteiger partial charge in [0, 0.05) is 0 Å². The van der Waals surface area contributed by atoms with Crippen LogP contribution < -0.4 is 0 Å². The second-order valence-corrected chi connectivity index (χ2v) is 8.51. The monoisotopic (exact) mass is 248 g/mol. The highest BCUT2D eigenvalue weighted by molar-refractivity contribution is 5.06. The summed E-state index contributed by atoms with van der Waals surface area (Å²) in [5.74, 6) is 4.07. The molecule has 0 bridgehead atoms. The molecule has 18 heavy (non-hydrogen) atoms. The molecule has 0 amide bonds. The molecular weight excluding hydrogens is 216 g/mol. The van der Waals surface area contributed by atoms with Gasteiger partial charge in [-0.3, -0.25) is 0 Å². The third-order valence-corrected chi connectivity index (χ3v) is 7.78. The zero-order valence-electron chi connectivity index (χ0n) is 13.0. The van der Waals surface area contributed by atoms with E-state index in [1.54, 1.807) is 6.42 Å². The minimum absolute atomic E-state index is 0.637. The summed E-state index contributed by atoms with van der Waals surface area (Å²) >= 11 is 0. The molecule has 0 aliphatic heterocycles. The Balaban J connectivity index is 1.91. The number of rotatable bonds is 0. The van der Waals surface area contributed by atoms with Crippen molar-refractivity contribution >= 4 is 0 Å². The molecule has 0 aromatic heterocycles. The first-order valence-corrected chi connectivity index (χ1v) is 8.46. The fourth-order valence-corrected chi connectivity index (χ4v) is 6.06. The fourth-order valence-electron chi connectivity index (χ4n) is 6.06. The molecule has 0 aromatic rings. The van der Waals surface area contributed by atoms with Crippen molar-refractivity contribution in [3.63, 3.8) is 0 Å². The van der Waals surface area contributed by atoms with Gasteiger partial charge in [-0.05, 0) is 53.8 Å². The van der Waals surface area contributed by atoms with E-state index in [9.17, 15) is 0 Å². The van der Waals surface area contributed by atoms with Gasteiger partial charge in [0.1, 0.15) is 0 Å². The average molecular weight is 248 g/mol. The van der Waals surface area contributed by atoms with Crippen LogP contribution in [0.15, 0.2) is 0 Å². The van der Waals surface area contributed by atoms with Gasteiger partial charge in [-0.1, -0.05) is 59.8 Å². The molecule has 3 saturated carbocycles. The zero-order chi connectivity index (χ0) is 13.0. The molecule has 0 saturated heterocycles.